The molecule has 0 fully saturated rings. The normalized spacial score (nSPS) is 10.9. The highest BCUT2D eigenvalue weighted by Crippen LogP contribution is 2.30. The van der Waals surface area contributed by atoms with Crippen molar-refractivity contribution in [2.45, 2.75) is 13.3 Å². The third-order valence-electron chi connectivity index (χ3n) is 4.43. The van der Waals surface area contributed by atoms with Crippen molar-refractivity contribution in [2.75, 3.05) is 6.61 Å². The number of rotatable bonds is 5. The molecule has 0 N–H and O–H groups in total. The first kappa shape index (κ1) is 18.3. The van der Waals surface area contributed by atoms with Crippen LogP contribution in [-0.4, -0.2) is 17.6 Å². The van der Waals surface area contributed by atoms with Gasteiger partial charge in [0.2, 0.25) is 5.89 Å². The molecule has 4 rings (SSSR count). The van der Waals surface area contributed by atoms with E-state index in [0.29, 0.717) is 28.7 Å². The van der Waals surface area contributed by atoms with Gasteiger partial charge in [0.25, 0.3) is 0 Å². The van der Waals surface area contributed by atoms with E-state index in [1.54, 1.807) is 19.1 Å². The minimum absolute atomic E-state index is 0.140. The molecule has 4 aromatic rings. The molecule has 0 atom stereocenters. The highest BCUT2D eigenvalue weighted by molar-refractivity contribution is 6.31. The van der Waals surface area contributed by atoms with Crippen LogP contribution < -0.4 is 0 Å². The smallest absolute Gasteiger partial charge is 0.310 e. The predicted molar refractivity (Wildman–Crippen MR) is 110 cm³/mol. The van der Waals surface area contributed by atoms with E-state index < -0.39 is 0 Å². The highest BCUT2D eigenvalue weighted by Gasteiger charge is 2.13. The second-order valence-corrected chi connectivity index (χ2v) is 6.76. The van der Waals surface area contributed by atoms with E-state index in [2.05, 4.69) is 17.1 Å². The van der Waals surface area contributed by atoms with E-state index in [1.807, 2.05) is 42.5 Å². The average molecular weight is 392 g/mol. The molecular weight excluding hydrogens is 374 g/mol. The first-order chi connectivity index (χ1) is 13.6. The zero-order valence-corrected chi connectivity index (χ0v) is 16.1. The summed E-state index contributed by atoms with van der Waals surface area (Å²) in [6.07, 6.45) is 0.140. The van der Waals surface area contributed by atoms with E-state index in [4.69, 9.17) is 20.8 Å². The van der Waals surface area contributed by atoms with Gasteiger partial charge in [-0.15, -0.1) is 0 Å². The van der Waals surface area contributed by atoms with Gasteiger partial charge in [-0.1, -0.05) is 54.1 Å². The molecule has 0 aliphatic heterocycles. The summed E-state index contributed by atoms with van der Waals surface area (Å²) in [5, 5.41) is 0.484. The molecule has 0 bridgehead atoms. The minimum atomic E-state index is -0.299. The summed E-state index contributed by atoms with van der Waals surface area (Å²) < 4.78 is 10.9. The summed E-state index contributed by atoms with van der Waals surface area (Å²) in [5.41, 5.74) is 5.17. The molecule has 4 nitrogen and oxygen atoms in total. The summed E-state index contributed by atoms with van der Waals surface area (Å²) in [5.74, 6) is 0.192. The molecule has 0 spiro atoms. The fourth-order valence-electron chi connectivity index (χ4n) is 3.05. The lowest BCUT2D eigenvalue weighted by atomic mass is 10.1. The number of ether oxygens (including phenoxy) is 1. The first-order valence-electron chi connectivity index (χ1n) is 9.04. The Bertz CT molecular complexity index is 1140. The van der Waals surface area contributed by atoms with Gasteiger partial charge in [0.05, 0.1) is 13.0 Å². The number of benzene rings is 3. The highest BCUT2D eigenvalue weighted by atomic mass is 35.5. The number of carbonyl (C=O) groups excluding carboxylic acids is 1. The summed E-state index contributed by atoms with van der Waals surface area (Å²) in [6, 6.07) is 21.5. The van der Waals surface area contributed by atoms with Crippen molar-refractivity contribution < 1.29 is 13.9 Å². The second kappa shape index (κ2) is 7.87. The Hall–Kier alpha value is -3.11. The molecule has 0 aliphatic carbocycles. The summed E-state index contributed by atoms with van der Waals surface area (Å²) >= 11 is 6.35. The van der Waals surface area contributed by atoms with Gasteiger partial charge < -0.3 is 9.15 Å². The topological polar surface area (TPSA) is 52.3 Å². The SMILES string of the molecule is CCOC(=O)Cc1ccc(-c2nc3cc(-c4ccccc4)ccc3o2)cc1Cl. The van der Waals surface area contributed by atoms with E-state index >= 15 is 0 Å². The number of carbonyl (C=O) groups is 1. The van der Waals surface area contributed by atoms with Crippen molar-refractivity contribution in [3.8, 4) is 22.6 Å². The van der Waals surface area contributed by atoms with E-state index in [0.717, 1.165) is 22.2 Å². The third kappa shape index (κ3) is 3.78. The molecule has 5 heteroatoms. The molecule has 1 aromatic heterocycles. The third-order valence-corrected chi connectivity index (χ3v) is 4.79. The molecule has 1 heterocycles. The molecule has 0 amide bonds. The maximum Gasteiger partial charge on any atom is 0.310 e. The Morgan fingerprint density at radius 1 is 1.00 bits per heavy atom. The lowest BCUT2D eigenvalue weighted by molar-refractivity contribution is -0.142. The Kier molecular flexibility index (Phi) is 5.13. The number of hydrogen-bond acceptors (Lipinski definition) is 4. The molecule has 0 saturated heterocycles. The zero-order valence-electron chi connectivity index (χ0n) is 15.3. The van der Waals surface area contributed by atoms with Crippen LogP contribution in [-0.2, 0) is 16.0 Å². The van der Waals surface area contributed by atoms with Gasteiger partial charge in [-0.25, -0.2) is 4.98 Å². The Morgan fingerprint density at radius 2 is 1.79 bits per heavy atom. The van der Waals surface area contributed by atoms with Crippen LogP contribution in [0.2, 0.25) is 5.02 Å². The lowest BCUT2D eigenvalue weighted by Crippen LogP contribution is -2.07. The number of nitrogens with zero attached hydrogens (tertiary/aromatic N) is 1. The molecule has 0 saturated carbocycles. The van der Waals surface area contributed by atoms with Gasteiger partial charge >= 0.3 is 5.97 Å². The van der Waals surface area contributed by atoms with Gasteiger partial charge in [0, 0.05) is 10.6 Å². The number of halogens is 1. The summed E-state index contributed by atoms with van der Waals surface area (Å²) in [4.78, 5) is 16.3. The number of oxazole rings is 1. The van der Waals surface area contributed by atoms with E-state index in [1.165, 1.54) is 0 Å². The zero-order chi connectivity index (χ0) is 19.5. The van der Waals surface area contributed by atoms with Gasteiger partial charge in [0.15, 0.2) is 5.58 Å². The van der Waals surface area contributed by atoms with Crippen molar-refractivity contribution in [2.24, 2.45) is 0 Å². The van der Waals surface area contributed by atoms with Crippen LogP contribution in [0.3, 0.4) is 0 Å². The van der Waals surface area contributed by atoms with Gasteiger partial charge in [-0.05, 0) is 47.9 Å². The van der Waals surface area contributed by atoms with Crippen LogP contribution in [0, 0.1) is 0 Å². The predicted octanol–water partition coefficient (Wildman–Crippen LogP) is 5.92. The Morgan fingerprint density at radius 3 is 2.54 bits per heavy atom. The van der Waals surface area contributed by atoms with Crippen LogP contribution in [0.15, 0.2) is 71.1 Å². The Labute approximate surface area is 167 Å². The number of fused-ring (bicyclic) bond motifs is 1. The molecule has 28 heavy (non-hydrogen) atoms. The fraction of sp³-hybridized carbons (Fsp3) is 0.130. The van der Waals surface area contributed by atoms with Crippen LogP contribution in [0.25, 0.3) is 33.7 Å². The maximum absolute atomic E-state index is 11.7. The fourth-order valence-corrected chi connectivity index (χ4v) is 3.30. The van der Waals surface area contributed by atoms with Crippen molar-refractivity contribution in [3.63, 3.8) is 0 Å². The maximum atomic E-state index is 11.7. The molecule has 3 aromatic carbocycles. The lowest BCUT2D eigenvalue weighted by Gasteiger charge is -2.05. The standard InChI is InChI=1S/C23H18ClNO3/c1-2-27-22(26)14-17-8-9-18(12-19(17)24)23-25-20-13-16(10-11-21(20)28-23)15-6-4-3-5-7-15/h3-13H,2,14H2,1H3. The quantitative estimate of drug-likeness (QED) is 0.396. The summed E-state index contributed by atoms with van der Waals surface area (Å²) in [7, 11) is 0. The van der Waals surface area contributed by atoms with E-state index in [9.17, 15) is 4.79 Å². The molecule has 140 valence electrons. The summed E-state index contributed by atoms with van der Waals surface area (Å²) in [6.45, 7) is 2.13. The van der Waals surface area contributed by atoms with Crippen molar-refractivity contribution in [1.29, 1.82) is 0 Å². The minimum Gasteiger partial charge on any atom is -0.466 e. The van der Waals surface area contributed by atoms with E-state index in [-0.39, 0.29) is 12.4 Å². The van der Waals surface area contributed by atoms with Crippen LogP contribution >= 0.6 is 11.6 Å². The Balaban J connectivity index is 1.64. The number of aromatic nitrogens is 1. The molecule has 0 radical (unpaired) electrons. The monoisotopic (exact) mass is 391 g/mol. The van der Waals surface area contributed by atoms with Crippen molar-refractivity contribution in [3.05, 3.63) is 77.3 Å². The molecule has 0 aliphatic rings. The van der Waals surface area contributed by atoms with Crippen LogP contribution in [0.1, 0.15) is 12.5 Å². The number of hydrogen-bond donors (Lipinski definition) is 0. The second-order valence-electron chi connectivity index (χ2n) is 6.36. The van der Waals surface area contributed by atoms with Crippen molar-refractivity contribution in [1.82, 2.24) is 4.98 Å². The van der Waals surface area contributed by atoms with Crippen LogP contribution in [0.5, 0.6) is 0 Å². The molecular formula is C23H18ClNO3. The average Bonchev–Trinajstić information content (AvgIpc) is 3.14. The largest absolute Gasteiger partial charge is 0.466 e. The van der Waals surface area contributed by atoms with Gasteiger partial charge in [-0.3, -0.25) is 4.79 Å². The first-order valence-corrected chi connectivity index (χ1v) is 9.42. The van der Waals surface area contributed by atoms with Crippen molar-refractivity contribution >= 4 is 28.7 Å². The van der Waals surface area contributed by atoms with Gasteiger partial charge in [0.1, 0.15) is 5.52 Å². The molecule has 0 unspecified atom stereocenters. The number of esters is 1. The van der Waals surface area contributed by atoms with Crippen LogP contribution in [0.4, 0.5) is 0 Å². The van der Waals surface area contributed by atoms with Gasteiger partial charge in [-0.2, -0.15) is 0 Å².